The summed E-state index contributed by atoms with van der Waals surface area (Å²) in [7, 11) is -2.84. The summed E-state index contributed by atoms with van der Waals surface area (Å²) >= 11 is 0. The smallest absolute Gasteiger partial charge is 0.226 e. The minimum Gasteiger partial charge on any atom is -0.340 e. The fourth-order valence-electron chi connectivity index (χ4n) is 4.14. The minimum absolute atomic E-state index is 0.144. The van der Waals surface area contributed by atoms with Crippen LogP contribution in [-0.2, 0) is 14.6 Å². The molecule has 2 heterocycles. The molecule has 2 aliphatic heterocycles. The Hall–Kier alpha value is -1.40. The fraction of sp³-hybridized carbons (Fsp3) is 0.611. The third-order valence-corrected chi connectivity index (χ3v) is 7.44. The molecule has 130 valence electrons. The highest BCUT2D eigenvalue weighted by Gasteiger charge is 2.46. The SMILES string of the molecule is O=C(C1CC1c1ccccc1)N1CCN(C2CCS(=O)(=O)C2)CC1. The van der Waals surface area contributed by atoms with E-state index in [0.29, 0.717) is 17.4 Å². The van der Waals surface area contributed by atoms with E-state index < -0.39 is 9.84 Å². The van der Waals surface area contributed by atoms with Crippen LogP contribution in [0.3, 0.4) is 0 Å². The predicted octanol–water partition coefficient (Wildman–Crippen LogP) is 1.12. The zero-order valence-corrected chi connectivity index (χ0v) is 14.6. The molecular weight excluding hydrogens is 324 g/mol. The van der Waals surface area contributed by atoms with Gasteiger partial charge >= 0.3 is 0 Å². The molecule has 3 atom stereocenters. The molecule has 3 fully saturated rings. The summed E-state index contributed by atoms with van der Waals surface area (Å²) in [5.41, 5.74) is 1.27. The van der Waals surface area contributed by atoms with Gasteiger partial charge in [-0.3, -0.25) is 9.69 Å². The maximum absolute atomic E-state index is 12.7. The maximum atomic E-state index is 12.7. The highest BCUT2D eigenvalue weighted by atomic mass is 32.2. The van der Waals surface area contributed by atoms with Gasteiger partial charge in [0.1, 0.15) is 0 Å². The molecule has 0 aromatic heterocycles. The number of nitrogens with zero attached hydrogens (tertiary/aromatic N) is 2. The van der Waals surface area contributed by atoms with Crippen LogP contribution in [0, 0.1) is 5.92 Å². The quantitative estimate of drug-likeness (QED) is 0.821. The van der Waals surface area contributed by atoms with Gasteiger partial charge in [0.15, 0.2) is 9.84 Å². The van der Waals surface area contributed by atoms with Crippen LogP contribution >= 0.6 is 0 Å². The monoisotopic (exact) mass is 348 g/mol. The van der Waals surface area contributed by atoms with Crippen molar-refractivity contribution < 1.29 is 13.2 Å². The van der Waals surface area contributed by atoms with E-state index in [1.165, 1.54) is 5.56 Å². The second kappa shape index (κ2) is 6.15. The van der Waals surface area contributed by atoms with Crippen molar-refractivity contribution in [2.24, 2.45) is 5.92 Å². The summed E-state index contributed by atoms with van der Waals surface area (Å²) < 4.78 is 23.3. The third kappa shape index (κ3) is 3.22. The molecule has 0 spiro atoms. The number of hydrogen-bond donors (Lipinski definition) is 0. The topological polar surface area (TPSA) is 57.7 Å². The summed E-state index contributed by atoms with van der Waals surface area (Å²) in [6.07, 6.45) is 1.71. The lowest BCUT2D eigenvalue weighted by Gasteiger charge is -2.37. The highest BCUT2D eigenvalue weighted by molar-refractivity contribution is 7.91. The van der Waals surface area contributed by atoms with Crippen LogP contribution in [-0.4, -0.2) is 67.9 Å². The Kier molecular flexibility index (Phi) is 4.12. The van der Waals surface area contributed by atoms with Gasteiger partial charge in [0.25, 0.3) is 0 Å². The average Bonchev–Trinajstić information content (AvgIpc) is 3.32. The van der Waals surface area contributed by atoms with Crippen molar-refractivity contribution in [2.45, 2.75) is 24.8 Å². The number of sulfone groups is 1. The molecule has 1 aliphatic carbocycles. The van der Waals surface area contributed by atoms with Crippen LogP contribution in [0.2, 0.25) is 0 Å². The van der Waals surface area contributed by atoms with Crippen LogP contribution in [0.5, 0.6) is 0 Å². The zero-order chi connectivity index (χ0) is 16.7. The lowest BCUT2D eigenvalue weighted by Crippen LogP contribution is -2.52. The highest BCUT2D eigenvalue weighted by Crippen LogP contribution is 2.48. The fourth-order valence-corrected chi connectivity index (χ4v) is 5.90. The van der Waals surface area contributed by atoms with E-state index >= 15 is 0 Å². The van der Waals surface area contributed by atoms with E-state index in [2.05, 4.69) is 17.0 Å². The third-order valence-electron chi connectivity index (χ3n) is 5.69. The van der Waals surface area contributed by atoms with E-state index in [1.54, 1.807) is 0 Å². The molecule has 2 saturated heterocycles. The van der Waals surface area contributed by atoms with Gasteiger partial charge in [0.2, 0.25) is 5.91 Å². The van der Waals surface area contributed by atoms with Gasteiger partial charge in [-0.15, -0.1) is 0 Å². The number of hydrogen-bond acceptors (Lipinski definition) is 4. The van der Waals surface area contributed by atoms with Crippen molar-refractivity contribution in [1.29, 1.82) is 0 Å². The molecule has 3 unspecified atom stereocenters. The Bertz CT molecular complexity index is 711. The first-order valence-electron chi connectivity index (χ1n) is 8.82. The Morgan fingerprint density at radius 3 is 2.38 bits per heavy atom. The second-order valence-electron chi connectivity index (χ2n) is 7.28. The first-order chi connectivity index (χ1) is 11.5. The molecular formula is C18H24N2O3S. The van der Waals surface area contributed by atoms with E-state index in [1.807, 2.05) is 23.1 Å². The van der Waals surface area contributed by atoms with Crippen LogP contribution < -0.4 is 0 Å². The van der Waals surface area contributed by atoms with Gasteiger partial charge in [-0.25, -0.2) is 8.42 Å². The number of piperazine rings is 1. The molecule has 1 aromatic rings. The maximum Gasteiger partial charge on any atom is 0.226 e. The van der Waals surface area contributed by atoms with Crippen molar-refractivity contribution in [1.82, 2.24) is 9.80 Å². The number of rotatable bonds is 3. The van der Waals surface area contributed by atoms with Crippen molar-refractivity contribution in [2.75, 3.05) is 37.7 Å². The van der Waals surface area contributed by atoms with E-state index in [4.69, 9.17) is 0 Å². The van der Waals surface area contributed by atoms with Gasteiger partial charge in [0, 0.05) is 38.1 Å². The molecule has 4 rings (SSSR count). The van der Waals surface area contributed by atoms with Crippen molar-refractivity contribution in [3.8, 4) is 0 Å². The van der Waals surface area contributed by atoms with E-state index in [0.717, 1.165) is 39.0 Å². The van der Waals surface area contributed by atoms with Gasteiger partial charge < -0.3 is 4.90 Å². The molecule has 0 radical (unpaired) electrons. The van der Waals surface area contributed by atoms with Gasteiger partial charge in [-0.2, -0.15) is 0 Å². The average molecular weight is 348 g/mol. The normalized spacial score (nSPS) is 32.7. The second-order valence-corrected chi connectivity index (χ2v) is 9.51. The summed E-state index contributed by atoms with van der Waals surface area (Å²) in [6, 6.07) is 10.4. The molecule has 5 nitrogen and oxygen atoms in total. The van der Waals surface area contributed by atoms with Gasteiger partial charge in [0.05, 0.1) is 11.5 Å². The Morgan fingerprint density at radius 2 is 1.75 bits per heavy atom. The van der Waals surface area contributed by atoms with E-state index in [-0.39, 0.29) is 17.9 Å². The van der Waals surface area contributed by atoms with Crippen LogP contribution in [0.15, 0.2) is 30.3 Å². The first-order valence-corrected chi connectivity index (χ1v) is 10.6. The Morgan fingerprint density at radius 1 is 1.04 bits per heavy atom. The number of amides is 1. The van der Waals surface area contributed by atoms with Crippen molar-refractivity contribution >= 4 is 15.7 Å². The van der Waals surface area contributed by atoms with Crippen molar-refractivity contribution in [3.63, 3.8) is 0 Å². The van der Waals surface area contributed by atoms with E-state index in [9.17, 15) is 13.2 Å². The largest absolute Gasteiger partial charge is 0.340 e. The van der Waals surface area contributed by atoms with Crippen LogP contribution in [0.25, 0.3) is 0 Å². The summed E-state index contributed by atoms with van der Waals surface area (Å²) in [6.45, 7) is 3.06. The Labute approximate surface area is 143 Å². The minimum atomic E-state index is -2.84. The van der Waals surface area contributed by atoms with Gasteiger partial charge in [-0.05, 0) is 24.3 Å². The zero-order valence-electron chi connectivity index (χ0n) is 13.8. The lowest BCUT2D eigenvalue weighted by atomic mass is 10.1. The molecule has 1 saturated carbocycles. The Balaban J connectivity index is 1.30. The molecule has 24 heavy (non-hydrogen) atoms. The predicted molar refractivity (Wildman–Crippen MR) is 92.5 cm³/mol. The molecule has 3 aliphatic rings. The number of benzene rings is 1. The summed E-state index contributed by atoms with van der Waals surface area (Å²) in [5.74, 6) is 1.42. The van der Waals surface area contributed by atoms with Crippen LogP contribution in [0.4, 0.5) is 0 Å². The lowest BCUT2D eigenvalue weighted by molar-refractivity contribution is -0.134. The standard InChI is InChI=1S/C18H24N2O3S/c21-18(17-12-16(17)14-4-2-1-3-5-14)20-9-7-19(8-10-20)15-6-11-24(22,23)13-15/h1-5,15-17H,6-13H2. The number of carbonyl (C=O) groups is 1. The molecule has 1 aromatic carbocycles. The van der Waals surface area contributed by atoms with Gasteiger partial charge in [-0.1, -0.05) is 30.3 Å². The summed E-state index contributed by atoms with van der Waals surface area (Å²) in [5, 5.41) is 0. The first kappa shape index (κ1) is 16.1. The molecule has 0 bridgehead atoms. The summed E-state index contributed by atoms with van der Waals surface area (Å²) in [4.78, 5) is 16.9. The number of carbonyl (C=O) groups excluding carboxylic acids is 1. The molecule has 1 amide bonds. The molecule has 6 heteroatoms. The molecule has 0 N–H and O–H groups in total. The van der Waals surface area contributed by atoms with Crippen molar-refractivity contribution in [3.05, 3.63) is 35.9 Å². The van der Waals surface area contributed by atoms with Crippen LogP contribution in [0.1, 0.15) is 24.3 Å².